The van der Waals surface area contributed by atoms with Crippen LogP contribution in [0, 0.1) is 0 Å². The number of rotatable bonds is 7. The smallest absolute Gasteiger partial charge is 0.193 e. The molecule has 3 aromatic heterocycles. The van der Waals surface area contributed by atoms with E-state index in [1.807, 2.05) is 11.6 Å². The van der Waals surface area contributed by atoms with Crippen LogP contribution < -0.4 is 0 Å². The highest BCUT2D eigenvalue weighted by Gasteiger charge is 2.27. The minimum absolute atomic E-state index is 0.244. The minimum atomic E-state index is 0.244. The molecule has 1 aliphatic heterocycles. The van der Waals surface area contributed by atoms with Gasteiger partial charge in [-0.05, 0) is 40.9 Å². The van der Waals surface area contributed by atoms with Gasteiger partial charge in [-0.3, -0.25) is 14.4 Å². The molecule has 0 bridgehead atoms. The number of hydrogen-bond acceptors (Lipinski definition) is 6. The molecular weight excluding hydrogens is 364 g/mol. The van der Waals surface area contributed by atoms with Crippen molar-refractivity contribution >= 4 is 22.7 Å². The lowest BCUT2D eigenvalue weighted by atomic mass is 10.1. The molecule has 1 N–H and O–H groups in total. The third kappa shape index (κ3) is 4.07. The molecule has 1 aliphatic rings. The summed E-state index contributed by atoms with van der Waals surface area (Å²) < 4.78 is 2.18. The fourth-order valence-electron chi connectivity index (χ4n) is 3.64. The van der Waals surface area contributed by atoms with E-state index in [1.165, 1.54) is 11.3 Å². The molecule has 4 heterocycles. The fraction of sp³-hybridized carbons (Fsp3) is 0.421. The van der Waals surface area contributed by atoms with Crippen LogP contribution in [0.2, 0.25) is 0 Å². The van der Waals surface area contributed by atoms with Gasteiger partial charge in [-0.2, -0.15) is 11.3 Å². The van der Waals surface area contributed by atoms with Crippen LogP contribution in [0.15, 0.2) is 46.7 Å². The van der Waals surface area contributed by atoms with Gasteiger partial charge in [0, 0.05) is 68.8 Å². The van der Waals surface area contributed by atoms with Gasteiger partial charge in [-0.1, -0.05) is 0 Å². The maximum Gasteiger partial charge on any atom is 0.193 e. The standard InChI is InChI=1S/C19H24N4OS2/c24-9-3-17-13-21(7-8-22(17)12-16-4-10-25-15-16)14-18-2-1-6-23(18)19-20-5-11-26-19/h1-2,4-6,10-11,15,17,24H,3,7-9,12-14H2/t17-/m1/s1. The molecule has 0 unspecified atom stereocenters. The molecule has 1 fully saturated rings. The molecule has 3 aromatic rings. The number of thiazole rings is 1. The predicted molar refractivity (Wildman–Crippen MR) is 107 cm³/mol. The molecule has 4 rings (SSSR count). The monoisotopic (exact) mass is 388 g/mol. The molecule has 7 heteroatoms. The van der Waals surface area contributed by atoms with E-state index >= 15 is 0 Å². The molecule has 26 heavy (non-hydrogen) atoms. The minimum Gasteiger partial charge on any atom is -0.396 e. The first-order valence-electron chi connectivity index (χ1n) is 8.98. The van der Waals surface area contributed by atoms with Gasteiger partial charge in [0.05, 0.1) is 0 Å². The van der Waals surface area contributed by atoms with Gasteiger partial charge in [0.25, 0.3) is 0 Å². The van der Waals surface area contributed by atoms with Crippen molar-refractivity contribution in [3.63, 3.8) is 0 Å². The van der Waals surface area contributed by atoms with Gasteiger partial charge in [0.15, 0.2) is 5.13 Å². The number of aromatic nitrogens is 2. The molecule has 0 saturated carbocycles. The topological polar surface area (TPSA) is 44.5 Å². The molecule has 138 valence electrons. The largest absolute Gasteiger partial charge is 0.396 e. The van der Waals surface area contributed by atoms with Gasteiger partial charge in [-0.15, -0.1) is 11.3 Å². The van der Waals surface area contributed by atoms with Crippen LogP contribution in [0.3, 0.4) is 0 Å². The normalized spacial score (nSPS) is 19.2. The Morgan fingerprint density at radius 3 is 2.92 bits per heavy atom. The van der Waals surface area contributed by atoms with Gasteiger partial charge >= 0.3 is 0 Å². The lowest BCUT2D eigenvalue weighted by Crippen LogP contribution is -2.52. The van der Waals surface area contributed by atoms with Gasteiger partial charge in [0.1, 0.15) is 0 Å². The SMILES string of the molecule is OCC[C@@H]1CN(Cc2cccn2-c2nccs2)CCN1Cc1ccsc1. The Balaban J connectivity index is 1.42. The van der Waals surface area contributed by atoms with E-state index in [0.717, 1.165) is 44.3 Å². The van der Waals surface area contributed by atoms with Crippen LogP contribution in [-0.4, -0.2) is 56.7 Å². The van der Waals surface area contributed by atoms with E-state index in [1.54, 1.807) is 22.7 Å². The second kappa shape index (κ2) is 8.45. The van der Waals surface area contributed by atoms with Crippen molar-refractivity contribution in [1.82, 2.24) is 19.4 Å². The van der Waals surface area contributed by atoms with E-state index < -0.39 is 0 Å². The zero-order chi connectivity index (χ0) is 17.8. The molecule has 0 radical (unpaired) electrons. The Morgan fingerprint density at radius 1 is 1.19 bits per heavy atom. The van der Waals surface area contributed by atoms with Crippen molar-refractivity contribution in [3.8, 4) is 5.13 Å². The van der Waals surface area contributed by atoms with Crippen molar-refractivity contribution in [1.29, 1.82) is 0 Å². The number of thiophene rings is 1. The van der Waals surface area contributed by atoms with Crippen LogP contribution in [0.1, 0.15) is 17.7 Å². The summed E-state index contributed by atoms with van der Waals surface area (Å²) in [7, 11) is 0. The Labute approximate surface area is 162 Å². The number of aliphatic hydroxyl groups is 1. The van der Waals surface area contributed by atoms with Crippen LogP contribution in [-0.2, 0) is 13.1 Å². The second-order valence-electron chi connectivity index (χ2n) is 6.69. The first kappa shape index (κ1) is 17.9. The number of nitrogens with zero attached hydrogens (tertiary/aromatic N) is 4. The van der Waals surface area contributed by atoms with Crippen LogP contribution in [0.4, 0.5) is 0 Å². The van der Waals surface area contributed by atoms with Crippen molar-refractivity contribution in [2.24, 2.45) is 0 Å². The summed E-state index contributed by atoms with van der Waals surface area (Å²) in [4.78, 5) is 9.46. The molecule has 5 nitrogen and oxygen atoms in total. The quantitative estimate of drug-likeness (QED) is 0.676. The summed E-state index contributed by atoms with van der Waals surface area (Å²) in [5, 5.41) is 16.9. The van der Waals surface area contributed by atoms with E-state index in [2.05, 4.69) is 54.5 Å². The Morgan fingerprint density at radius 2 is 2.15 bits per heavy atom. The average molecular weight is 389 g/mol. The Bertz CT molecular complexity index is 784. The summed E-state index contributed by atoms with van der Waals surface area (Å²) in [6.07, 6.45) is 4.77. The van der Waals surface area contributed by atoms with Crippen molar-refractivity contribution in [2.75, 3.05) is 26.2 Å². The maximum absolute atomic E-state index is 9.52. The Hall–Kier alpha value is -1.51. The fourth-order valence-corrected chi connectivity index (χ4v) is 4.96. The number of aliphatic hydroxyl groups excluding tert-OH is 1. The molecule has 0 aromatic carbocycles. The summed E-state index contributed by atoms with van der Waals surface area (Å²) in [6.45, 7) is 5.23. The lowest BCUT2D eigenvalue weighted by molar-refractivity contribution is 0.0493. The first-order chi connectivity index (χ1) is 12.8. The molecule has 1 atom stereocenters. The zero-order valence-electron chi connectivity index (χ0n) is 14.7. The molecule has 1 saturated heterocycles. The van der Waals surface area contributed by atoms with Gasteiger partial charge in [0.2, 0.25) is 0 Å². The van der Waals surface area contributed by atoms with Gasteiger partial charge in [-0.25, -0.2) is 4.98 Å². The van der Waals surface area contributed by atoms with Crippen LogP contribution in [0.5, 0.6) is 0 Å². The molecule has 0 spiro atoms. The first-order valence-corrected chi connectivity index (χ1v) is 10.8. The predicted octanol–water partition coefficient (Wildman–Crippen LogP) is 3.06. The van der Waals surface area contributed by atoms with Crippen LogP contribution >= 0.6 is 22.7 Å². The third-order valence-corrected chi connectivity index (χ3v) is 6.46. The molecular formula is C19H24N4OS2. The lowest BCUT2D eigenvalue weighted by Gasteiger charge is -2.41. The Kier molecular flexibility index (Phi) is 5.81. The highest BCUT2D eigenvalue weighted by molar-refractivity contribution is 7.12. The summed E-state index contributed by atoms with van der Waals surface area (Å²) in [5.74, 6) is 0. The van der Waals surface area contributed by atoms with Crippen LogP contribution in [0.25, 0.3) is 5.13 Å². The van der Waals surface area contributed by atoms with E-state index in [4.69, 9.17) is 0 Å². The summed E-state index contributed by atoms with van der Waals surface area (Å²) >= 11 is 3.41. The zero-order valence-corrected chi connectivity index (χ0v) is 16.3. The number of piperazine rings is 1. The van der Waals surface area contributed by atoms with Crippen molar-refractivity contribution in [3.05, 3.63) is 58.0 Å². The highest BCUT2D eigenvalue weighted by Crippen LogP contribution is 2.21. The van der Waals surface area contributed by atoms with Crippen molar-refractivity contribution in [2.45, 2.75) is 25.6 Å². The van der Waals surface area contributed by atoms with Gasteiger partial charge < -0.3 is 5.11 Å². The number of hydrogen-bond donors (Lipinski definition) is 1. The highest BCUT2D eigenvalue weighted by atomic mass is 32.1. The maximum atomic E-state index is 9.52. The van der Waals surface area contributed by atoms with Crippen molar-refractivity contribution < 1.29 is 5.11 Å². The molecule has 0 amide bonds. The van der Waals surface area contributed by atoms with E-state index in [-0.39, 0.29) is 6.61 Å². The molecule has 0 aliphatic carbocycles. The summed E-state index contributed by atoms with van der Waals surface area (Å²) in [6, 6.07) is 6.88. The van der Waals surface area contributed by atoms with E-state index in [9.17, 15) is 5.11 Å². The average Bonchev–Trinajstić information content (AvgIpc) is 3.39. The summed E-state index contributed by atoms with van der Waals surface area (Å²) in [5.41, 5.74) is 2.65. The van der Waals surface area contributed by atoms with E-state index in [0.29, 0.717) is 6.04 Å². The second-order valence-corrected chi connectivity index (χ2v) is 8.34. The third-order valence-electron chi connectivity index (χ3n) is 4.96.